The van der Waals surface area contributed by atoms with Crippen molar-refractivity contribution in [1.29, 1.82) is 0 Å². The Kier molecular flexibility index (Phi) is 3.51. The Balaban J connectivity index is 3.37. The second-order valence-corrected chi connectivity index (χ2v) is 6.75. The Bertz CT molecular complexity index is 537. The summed E-state index contributed by atoms with van der Waals surface area (Å²) < 4.78 is 35.6. The molecular weight excluding hydrogens is 234 g/mol. The lowest BCUT2D eigenvalue weighted by Gasteiger charge is -2.04. The summed E-state index contributed by atoms with van der Waals surface area (Å²) in [7, 11) is -3.87. The minimum absolute atomic E-state index is 0.158. The van der Waals surface area contributed by atoms with Gasteiger partial charge in [-0.2, -0.15) is 8.42 Å². The van der Waals surface area contributed by atoms with Gasteiger partial charge in [0.1, 0.15) is 11.9 Å². The molecule has 84 valence electrons. The third kappa shape index (κ3) is 2.57. The quantitative estimate of drug-likeness (QED) is 0.581. The highest BCUT2D eigenvalue weighted by atomic mass is 32.3. The van der Waals surface area contributed by atoms with E-state index in [1.165, 1.54) is 25.4 Å². The van der Waals surface area contributed by atoms with Crippen LogP contribution >= 0.6 is 0 Å². The van der Waals surface area contributed by atoms with E-state index in [2.05, 4.69) is 0 Å². The van der Waals surface area contributed by atoms with Gasteiger partial charge in [-0.15, -0.1) is 0 Å². The molecule has 1 aromatic carbocycles. The largest absolute Gasteiger partial charge is 0.399 e. The van der Waals surface area contributed by atoms with Crippen LogP contribution in [0.1, 0.15) is 5.56 Å². The molecule has 6 heteroatoms. The van der Waals surface area contributed by atoms with Crippen molar-refractivity contribution in [2.45, 2.75) is 11.8 Å². The van der Waals surface area contributed by atoms with Gasteiger partial charge in [0.05, 0.1) is 0 Å². The van der Waals surface area contributed by atoms with Gasteiger partial charge in [0, 0.05) is 0 Å². The van der Waals surface area contributed by atoms with Crippen LogP contribution in [0, 0.1) is 6.92 Å². The van der Waals surface area contributed by atoms with Gasteiger partial charge in [0.15, 0.2) is 0 Å². The smallest absolute Gasteiger partial charge is 0.376 e. The van der Waals surface area contributed by atoms with Gasteiger partial charge in [0.25, 0.3) is 0 Å². The number of sulfonamides is 1. The molecule has 0 heterocycles. The van der Waals surface area contributed by atoms with Crippen LogP contribution < -0.4 is 0 Å². The van der Waals surface area contributed by atoms with E-state index in [0.717, 1.165) is 8.91 Å². The summed E-state index contributed by atoms with van der Waals surface area (Å²) in [5, 5.41) is 0. The molecule has 0 spiro atoms. The monoisotopic (exact) mass is 247 g/mol. The van der Waals surface area contributed by atoms with Crippen molar-refractivity contribution in [3.8, 4) is 0 Å². The molecule has 0 N–H and O–H groups in total. The molecule has 0 aliphatic rings. The van der Waals surface area contributed by atoms with Gasteiger partial charge < -0.3 is 4.21 Å². The number of hydrogen-bond donors (Lipinski definition) is 0. The van der Waals surface area contributed by atoms with Crippen LogP contribution in [0.25, 0.3) is 0 Å². The van der Waals surface area contributed by atoms with Crippen molar-refractivity contribution in [3.63, 3.8) is 0 Å². The minimum atomic E-state index is -3.62. The van der Waals surface area contributed by atoms with Gasteiger partial charge in [0.2, 0.25) is 0 Å². The molecule has 0 aliphatic carbocycles. The third-order valence-corrected chi connectivity index (χ3v) is 5.51. The average molecular weight is 247 g/mol. The molecule has 1 aromatic rings. The maximum atomic E-state index is 11.8. The van der Waals surface area contributed by atoms with Crippen LogP contribution in [0.5, 0.6) is 0 Å². The highest BCUT2D eigenvalue weighted by Crippen LogP contribution is 2.12. The van der Waals surface area contributed by atoms with Crippen LogP contribution in [0.4, 0.5) is 0 Å². The summed E-state index contributed by atoms with van der Waals surface area (Å²) in [6.45, 7) is 1.87. The van der Waals surface area contributed by atoms with Crippen LogP contribution in [0.3, 0.4) is 0 Å². The van der Waals surface area contributed by atoms with Crippen molar-refractivity contribution in [2.75, 3.05) is 13.3 Å². The Morgan fingerprint density at radius 2 is 1.67 bits per heavy atom. The zero-order valence-electron chi connectivity index (χ0n) is 8.80. The highest BCUT2D eigenvalue weighted by molar-refractivity contribution is 7.89. The standard InChI is InChI=1S/C9H13NO3S2/c1-8-4-6-9(7-5-8)15(12,13)10(2)14(3)11/h4-7H,1-3H3. The fraction of sp³-hybridized carbons (Fsp3) is 0.333. The van der Waals surface area contributed by atoms with Crippen molar-refractivity contribution in [1.82, 2.24) is 0 Å². The lowest BCUT2D eigenvalue weighted by Crippen LogP contribution is -2.17. The summed E-state index contributed by atoms with van der Waals surface area (Å²) in [6, 6.07) is 6.43. The maximum Gasteiger partial charge on any atom is 0.376 e. The van der Waals surface area contributed by atoms with E-state index < -0.39 is 20.6 Å². The summed E-state index contributed by atoms with van der Waals surface area (Å²) in [4.78, 5) is 0.158. The predicted molar refractivity (Wildman–Crippen MR) is 58.5 cm³/mol. The molecule has 1 rings (SSSR count). The van der Waals surface area contributed by atoms with Crippen LogP contribution in [-0.2, 0) is 24.8 Å². The number of nitrogens with zero attached hydrogens (tertiary/aromatic N) is 1. The lowest BCUT2D eigenvalue weighted by molar-refractivity contribution is -0.298. The van der Waals surface area contributed by atoms with Crippen molar-refractivity contribution in [2.24, 2.45) is 0 Å². The maximum absolute atomic E-state index is 11.8. The topological polar surface area (TPSA) is 54.2 Å². The van der Waals surface area contributed by atoms with Gasteiger partial charge in [-0.3, -0.25) is 0 Å². The zero-order chi connectivity index (χ0) is 11.6. The molecule has 0 fully saturated rings. The Labute approximate surface area is 91.8 Å². The molecule has 15 heavy (non-hydrogen) atoms. The van der Waals surface area contributed by atoms with Crippen LogP contribution in [0.15, 0.2) is 29.2 Å². The van der Waals surface area contributed by atoms with Crippen molar-refractivity contribution < 1.29 is 16.0 Å². The van der Waals surface area contributed by atoms with Crippen LogP contribution in [0.2, 0.25) is 0 Å². The minimum Gasteiger partial charge on any atom is -0.399 e. The summed E-state index contributed by atoms with van der Waals surface area (Å²) in [5.74, 6) is 0. The van der Waals surface area contributed by atoms with E-state index in [1.807, 2.05) is 6.92 Å². The lowest BCUT2D eigenvalue weighted by atomic mass is 10.2. The van der Waals surface area contributed by atoms with E-state index in [4.69, 9.17) is 0 Å². The van der Waals surface area contributed by atoms with Gasteiger partial charge >= 0.3 is 10.0 Å². The molecule has 0 bridgehead atoms. The van der Waals surface area contributed by atoms with Crippen molar-refractivity contribution in [3.05, 3.63) is 29.8 Å². The van der Waals surface area contributed by atoms with E-state index in [0.29, 0.717) is 0 Å². The summed E-state index contributed by atoms with van der Waals surface area (Å²) in [6.07, 6.45) is 1.33. The average Bonchev–Trinajstić information content (AvgIpc) is 2.17. The van der Waals surface area contributed by atoms with Crippen LogP contribution in [-0.4, -0.2) is 25.1 Å². The molecule has 0 saturated carbocycles. The second kappa shape index (κ2) is 4.32. The summed E-state index contributed by atoms with van der Waals surface area (Å²) in [5.41, 5.74) is 0.981. The third-order valence-electron chi connectivity index (χ3n) is 2.02. The molecule has 0 amide bonds. The Morgan fingerprint density at radius 3 is 2.07 bits per heavy atom. The molecule has 0 aromatic heterocycles. The van der Waals surface area contributed by atoms with E-state index >= 15 is 0 Å². The second-order valence-electron chi connectivity index (χ2n) is 3.15. The molecule has 0 aliphatic heterocycles. The highest BCUT2D eigenvalue weighted by Gasteiger charge is 2.20. The molecule has 0 unspecified atom stereocenters. The van der Waals surface area contributed by atoms with E-state index in [9.17, 15) is 12.6 Å². The first-order valence-corrected chi connectivity index (χ1v) is 7.20. The Morgan fingerprint density at radius 1 is 1.20 bits per heavy atom. The number of rotatable bonds is 2. The molecule has 0 saturated heterocycles. The number of aryl methyl sites for hydroxylation is 1. The molecule has 0 radical (unpaired) electrons. The fourth-order valence-corrected chi connectivity index (χ4v) is 3.14. The number of hydrogen-bond acceptors (Lipinski definition) is 4. The first-order valence-electron chi connectivity index (χ1n) is 4.25. The number of benzene rings is 1. The molecular formula is C9H13NO3S2. The Hall–Kier alpha value is -0.880. The van der Waals surface area contributed by atoms with Gasteiger partial charge in [-0.25, -0.2) is 3.35 Å². The first-order chi connectivity index (χ1) is 6.85. The van der Waals surface area contributed by atoms with Gasteiger partial charge in [-0.1, -0.05) is 24.0 Å². The summed E-state index contributed by atoms with van der Waals surface area (Å²) >= 11 is 0. The molecule has 4 nitrogen and oxygen atoms in total. The molecule has 0 atom stereocenters. The fourth-order valence-electron chi connectivity index (χ4n) is 0.997. The first kappa shape index (κ1) is 12.2. The van der Waals surface area contributed by atoms with E-state index in [1.54, 1.807) is 12.1 Å². The SMILES string of the molecule is Cc1ccc(S(=O)(=O)[N+](C)=[S-](C)=O)cc1. The van der Waals surface area contributed by atoms with Crippen molar-refractivity contribution >= 4 is 20.6 Å². The normalized spacial score (nSPS) is 14.7. The van der Waals surface area contributed by atoms with E-state index in [-0.39, 0.29) is 4.90 Å². The van der Waals surface area contributed by atoms with Gasteiger partial charge in [-0.05, 0) is 29.7 Å². The zero-order valence-corrected chi connectivity index (χ0v) is 10.4. The predicted octanol–water partition coefficient (Wildman–Crippen LogP) is 1.10.